The van der Waals surface area contributed by atoms with Crippen LogP contribution in [0.15, 0.2) is 53.4 Å². The van der Waals surface area contributed by atoms with E-state index < -0.39 is 22.0 Å². The number of carbonyl (C=O) groups is 3. The largest absolute Gasteiger partial charge is 0.353 e. The number of carbonyl (C=O) groups excluding carboxylic acids is 3. The van der Waals surface area contributed by atoms with Gasteiger partial charge in [-0.2, -0.15) is 4.31 Å². The summed E-state index contributed by atoms with van der Waals surface area (Å²) in [7, 11) is -4.05. The fourth-order valence-corrected chi connectivity index (χ4v) is 5.47. The summed E-state index contributed by atoms with van der Waals surface area (Å²) in [4.78, 5) is 37.4. The van der Waals surface area contributed by atoms with Crippen LogP contribution in [-0.2, 0) is 24.4 Å². The van der Waals surface area contributed by atoms with Gasteiger partial charge in [-0.1, -0.05) is 29.8 Å². The summed E-state index contributed by atoms with van der Waals surface area (Å²) < 4.78 is 27.8. The number of nitrogens with one attached hydrogen (secondary N) is 1. The summed E-state index contributed by atoms with van der Waals surface area (Å²) in [6.07, 6.45) is 0.280. The van der Waals surface area contributed by atoms with Crippen molar-refractivity contribution in [2.75, 3.05) is 18.0 Å². The monoisotopic (exact) mass is 447 g/mol. The van der Waals surface area contributed by atoms with Gasteiger partial charge in [-0.3, -0.25) is 19.3 Å². The molecule has 0 bridgehead atoms. The van der Waals surface area contributed by atoms with E-state index in [1.807, 2.05) is 0 Å². The molecular weight excluding hydrogens is 430 g/mol. The van der Waals surface area contributed by atoms with Crippen molar-refractivity contribution in [3.8, 4) is 0 Å². The summed E-state index contributed by atoms with van der Waals surface area (Å²) in [5, 5.41) is 2.97. The van der Waals surface area contributed by atoms with Gasteiger partial charge in [0.15, 0.2) is 0 Å². The van der Waals surface area contributed by atoms with E-state index in [9.17, 15) is 22.8 Å². The fourth-order valence-electron chi connectivity index (χ4n) is 3.67. The van der Waals surface area contributed by atoms with Gasteiger partial charge in [-0.15, -0.1) is 0 Å². The molecule has 8 nitrogen and oxygen atoms in total. The maximum absolute atomic E-state index is 13.3. The number of sulfonamides is 1. The lowest BCUT2D eigenvalue weighted by atomic mass is 10.0. The van der Waals surface area contributed by atoms with Crippen molar-refractivity contribution < 1.29 is 22.8 Å². The second kappa shape index (κ2) is 7.82. The first-order valence-corrected chi connectivity index (χ1v) is 11.1. The minimum Gasteiger partial charge on any atom is -0.353 e. The number of amides is 3. The number of hydrogen-bond acceptors (Lipinski definition) is 5. The average Bonchev–Trinajstić information content (AvgIpc) is 3.07. The Morgan fingerprint density at radius 2 is 1.57 bits per heavy atom. The quantitative estimate of drug-likeness (QED) is 0.720. The van der Waals surface area contributed by atoms with Crippen LogP contribution in [0, 0.1) is 0 Å². The number of imide groups is 1. The summed E-state index contributed by atoms with van der Waals surface area (Å²) in [5.41, 5.74) is 0.713. The smallest absolute Gasteiger partial charge is 0.244 e. The molecule has 1 unspecified atom stereocenters. The Kier molecular flexibility index (Phi) is 5.35. The molecule has 2 aromatic carbocycles. The van der Waals surface area contributed by atoms with Crippen molar-refractivity contribution in [2.24, 2.45) is 0 Å². The fraction of sp³-hybridized carbons (Fsp3) is 0.250. The molecule has 0 saturated carbocycles. The molecule has 156 valence electrons. The predicted octanol–water partition coefficient (Wildman–Crippen LogP) is 1.86. The van der Waals surface area contributed by atoms with Crippen LogP contribution in [-0.4, -0.2) is 43.5 Å². The van der Waals surface area contributed by atoms with Gasteiger partial charge in [0.25, 0.3) is 0 Å². The number of rotatable bonds is 4. The molecule has 0 spiro atoms. The van der Waals surface area contributed by atoms with Crippen LogP contribution in [0.25, 0.3) is 0 Å². The molecule has 2 heterocycles. The van der Waals surface area contributed by atoms with Crippen LogP contribution in [0.5, 0.6) is 0 Å². The molecule has 2 aliphatic heterocycles. The number of anilines is 1. The molecular formula is C20H18ClN3O5S. The molecule has 2 aromatic rings. The van der Waals surface area contributed by atoms with Crippen molar-refractivity contribution in [1.29, 1.82) is 0 Å². The summed E-state index contributed by atoms with van der Waals surface area (Å²) in [6.45, 7) is 0.253. The first-order chi connectivity index (χ1) is 14.3. The zero-order valence-corrected chi connectivity index (χ0v) is 17.3. The highest BCUT2D eigenvalue weighted by molar-refractivity contribution is 7.89. The highest BCUT2D eigenvalue weighted by atomic mass is 35.5. The second-order valence-corrected chi connectivity index (χ2v) is 9.25. The van der Waals surface area contributed by atoms with Crippen LogP contribution in [0.4, 0.5) is 5.69 Å². The van der Waals surface area contributed by atoms with Crippen LogP contribution in [0.3, 0.4) is 0 Å². The first-order valence-electron chi connectivity index (χ1n) is 9.30. The van der Waals surface area contributed by atoms with Gasteiger partial charge in [-0.25, -0.2) is 8.42 Å². The van der Waals surface area contributed by atoms with Crippen LogP contribution >= 0.6 is 11.6 Å². The molecule has 30 heavy (non-hydrogen) atoms. The van der Waals surface area contributed by atoms with Crippen molar-refractivity contribution in [2.45, 2.75) is 23.8 Å². The van der Waals surface area contributed by atoms with E-state index in [1.54, 1.807) is 24.3 Å². The van der Waals surface area contributed by atoms with E-state index in [-0.39, 0.29) is 42.6 Å². The molecule has 2 fully saturated rings. The van der Waals surface area contributed by atoms with Crippen LogP contribution in [0.2, 0.25) is 5.02 Å². The summed E-state index contributed by atoms with van der Waals surface area (Å²) in [6, 6.07) is 11.0. The molecule has 2 aliphatic rings. The molecule has 0 radical (unpaired) electrons. The Balaban J connectivity index is 1.69. The van der Waals surface area contributed by atoms with E-state index in [0.29, 0.717) is 16.3 Å². The van der Waals surface area contributed by atoms with E-state index in [4.69, 9.17) is 11.6 Å². The SMILES string of the molecule is O=C1NCCN(S(=O)(=O)c2ccc(N3C(=O)CCC3=O)cc2)C1c1ccccc1Cl. The normalized spacial score (nSPS) is 20.5. The number of halogens is 1. The van der Waals surface area contributed by atoms with Gasteiger partial charge in [0.2, 0.25) is 27.7 Å². The van der Waals surface area contributed by atoms with Crippen molar-refractivity contribution in [3.63, 3.8) is 0 Å². The zero-order chi connectivity index (χ0) is 21.5. The number of nitrogens with zero attached hydrogens (tertiary/aromatic N) is 2. The number of piperazine rings is 1. The Bertz CT molecular complexity index is 1120. The van der Waals surface area contributed by atoms with Crippen molar-refractivity contribution in [3.05, 3.63) is 59.1 Å². The van der Waals surface area contributed by atoms with Crippen LogP contribution in [0.1, 0.15) is 24.4 Å². The standard InChI is InChI=1S/C20H18ClN3O5S/c21-16-4-2-1-3-15(16)19-20(27)22-11-12-23(19)30(28,29)14-7-5-13(6-8-14)24-17(25)9-10-18(24)26/h1-8,19H,9-12H2,(H,22,27). The van der Waals surface area contributed by atoms with E-state index in [0.717, 1.165) is 9.21 Å². The molecule has 4 rings (SSSR count). The summed E-state index contributed by atoms with van der Waals surface area (Å²) >= 11 is 6.23. The van der Waals surface area contributed by atoms with Crippen LogP contribution < -0.4 is 10.2 Å². The maximum Gasteiger partial charge on any atom is 0.244 e. The van der Waals surface area contributed by atoms with Gasteiger partial charge in [0.05, 0.1) is 10.6 Å². The van der Waals surface area contributed by atoms with Gasteiger partial charge in [-0.05, 0) is 35.9 Å². The molecule has 1 atom stereocenters. The Hall–Kier alpha value is -2.75. The molecule has 0 aliphatic carbocycles. The highest BCUT2D eigenvalue weighted by Gasteiger charge is 2.40. The number of benzene rings is 2. The predicted molar refractivity (Wildman–Crippen MR) is 109 cm³/mol. The van der Waals surface area contributed by atoms with Gasteiger partial charge < -0.3 is 5.32 Å². The van der Waals surface area contributed by atoms with Crippen molar-refractivity contribution in [1.82, 2.24) is 9.62 Å². The lowest BCUT2D eigenvalue weighted by molar-refractivity contribution is -0.127. The van der Waals surface area contributed by atoms with E-state index in [2.05, 4.69) is 5.32 Å². The minimum atomic E-state index is -4.05. The zero-order valence-electron chi connectivity index (χ0n) is 15.7. The Morgan fingerprint density at radius 1 is 0.933 bits per heavy atom. The number of hydrogen-bond donors (Lipinski definition) is 1. The lowest BCUT2D eigenvalue weighted by Gasteiger charge is -2.34. The molecule has 1 N–H and O–H groups in total. The topological polar surface area (TPSA) is 104 Å². The third-order valence-electron chi connectivity index (χ3n) is 5.12. The third-order valence-corrected chi connectivity index (χ3v) is 7.34. The third kappa shape index (κ3) is 3.49. The van der Waals surface area contributed by atoms with Gasteiger partial charge in [0.1, 0.15) is 6.04 Å². The van der Waals surface area contributed by atoms with Gasteiger partial charge >= 0.3 is 0 Å². The minimum absolute atomic E-state index is 0.0444. The average molecular weight is 448 g/mol. The molecule has 10 heteroatoms. The second-order valence-electron chi connectivity index (χ2n) is 6.95. The van der Waals surface area contributed by atoms with Crippen molar-refractivity contribution >= 4 is 45.0 Å². The molecule has 3 amide bonds. The maximum atomic E-state index is 13.3. The Morgan fingerprint density at radius 3 is 2.20 bits per heavy atom. The van der Waals surface area contributed by atoms with E-state index in [1.165, 1.54) is 24.3 Å². The first kappa shape index (κ1) is 20.5. The lowest BCUT2D eigenvalue weighted by Crippen LogP contribution is -2.52. The highest BCUT2D eigenvalue weighted by Crippen LogP contribution is 2.34. The molecule has 0 aromatic heterocycles. The molecule has 2 saturated heterocycles. The van der Waals surface area contributed by atoms with Gasteiger partial charge in [0, 0.05) is 31.0 Å². The summed E-state index contributed by atoms with van der Waals surface area (Å²) in [5.74, 6) is -1.09. The Labute approximate surface area is 178 Å². The van der Waals surface area contributed by atoms with E-state index >= 15 is 0 Å².